The molecule has 0 unspecified atom stereocenters. The number of ether oxygens (including phenoxy) is 1. The number of anilines is 1. The Hall–Kier alpha value is -3.63. The Labute approximate surface area is 177 Å². The van der Waals surface area contributed by atoms with Crippen LogP contribution in [0.4, 0.5) is 11.4 Å². The molecule has 2 aliphatic rings. The third kappa shape index (κ3) is 4.30. The van der Waals surface area contributed by atoms with Crippen molar-refractivity contribution in [3.8, 4) is 0 Å². The smallest absolute Gasteiger partial charge is 0.282 e. The zero-order chi connectivity index (χ0) is 22.0. The molecule has 0 spiro atoms. The summed E-state index contributed by atoms with van der Waals surface area (Å²) in [5, 5.41) is 13.9. The van der Waals surface area contributed by atoms with E-state index in [9.17, 15) is 24.5 Å². The standard InChI is InChI=1S/C21H20N4O6/c26-18(22-15-4-1-3-14(11-15)12-23-7-9-31-10-8-23)13-24-20(27)16-5-2-6-17(25(29)30)19(16)21(24)28/h1-6,11H,7-10,12-13H2,(H,22,26). The number of fused-ring (bicyclic) bond motifs is 1. The van der Waals surface area contributed by atoms with Crippen LogP contribution in [0.3, 0.4) is 0 Å². The molecule has 2 heterocycles. The molecule has 2 aliphatic heterocycles. The largest absolute Gasteiger partial charge is 0.379 e. The first-order valence-electron chi connectivity index (χ1n) is 9.76. The summed E-state index contributed by atoms with van der Waals surface area (Å²) in [6, 6.07) is 11.2. The van der Waals surface area contributed by atoms with Crippen LogP contribution < -0.4 is 5.32 Å². The van der Waals surface area contributed by atoms with Crippen LogP contribution in [0.5, 0.6) is 0 Å². The highest BCUT2D eigenvalue weighted by molar-refractivity contribution is 6.24. The second kappa shape index (κ2) is 8.62. The van der Waals surface area contributed by atoms with Crippen molar-refractivity contribution in [2.75, 3.05) is 38.2 Å². The van der Waals surface area contributed by atoms with E-state index in [-0.39, 0.29) is 11.1 Å². The second-order valence-corrected chi connectivity index (χ2v) is 7.29. The zero-order valence-electron chi connectivity index (χ0n) is 16.6. The van der Waals surface area contributed by atoms with E-state index in [1.54, 1.807) is 6.07 Å². The summed E-state index contributed by atoms with van der Waals surface area (Å²) >= 11 is 0. The minimum atomic E-state index is -0.844. The summed E-state index contributed by atoms with van der Waals surface area (Å²) in [6.45, 7) is 3.24. The van der Waals surface area contributed by atoms with Crippen LogP contribution in [-0.2, 0) is 16.1 Å². The number of nitrogens with zero attached hydrogens (tertiary/aromatic N) is 3. The number of nitrogens with one attached hydrogen (secondary N) is 1. The summed E-state index contributed by atoms with van der Waals surface area (Å²) in [6.07, 6.45) is 0. The number of rotatable bonds is 6. The van der Waals surface area contributed by atoms with Gasteiger partial charge in [0.15, 0.2) is 0 Å². The minimum Gasteiger partial charge on any atom is -0.379 e. The Morgan fingerprint density at radius 2 is 1.84 bits per heavy atom. The first-order chi connectivity index (χ1) is 14.9. The first kappa shape index (κ1) is 20.6. The van der Waals surface area contributed by atoms with Crippen LogP contribution in [0.25, 0.3) is 0 Å². The molecule has 0 aromatic heterocycles. The van der Waals surface area contributed by atoms with Crippen LogP contribution in [0.2, 0.25) is 0 Å². The molecule has 10 nitrogen and oxygen atoms in total. The van der Waals surface area contributed by atoms with Gasteiger partial charge >= 0.3 is 0 Å². The fraction of sp³-hybridized carbons (Fsp3) is 0.286. The van der Waals surface area contributed by atoms with Crippen LogP contribution in [-0.4, -0.2) is 65.3 Å². The average Bonchev–Trinajstić information content (AvgIpc) is 2.99. The van der Waals surface area contributed by atoms with Gasteiger partial charge in [0.25, 0.3) is 17.5 Å². The number of morpholine rings is 1. The van der Waals surface area contributed by atoms with Gasteiger partial charge in [-0.25, -0.2) is 0 Å². The van der Waals surface area contributed by atoms with Crippen molar-refractivity contribution in [1.29, 1.82) is 0 Å². The zero-order valence-corrected chi connectivity index (χ0v) is 16.6. The number of hydrogen-bond acceptors (Lipinski definition) is 7. The number of nitro groups is 1. The summed E-state index contributed by atoms with van der Waals surface area (Å²) in [5.74, 6) is -2.14. The molecule has 1 N–H and O–H groups in total. The molecule has 3 amide bonds. The number of benzene rings is 2. The van der Waals surface area contributed by atoms with Crippen molar-refractivity contribution in [1.82, 2.24) is 9.80 Å². The molecule has 0 radical (unpaired) electrons. The fourth-order valence-electron chi connectivity index (χ4n) is 3.72. The van der Waals surface area contributed by atoms with E-state index in [0.717, 1.165) is 36.2 Å². The van der Waals surface area contributed by atoms with E-state index >= 15 is 0 Å². The van der Waals surface area contributed by atoms with Gasteiger partial charge in [-0.05, 0) is 23.8 Å². The van der Waals surface area contributed by atoms with Gasteiger partial charge in [-0.1, -0.05) is 18.2 Å². The topological polar surface area (TPSA) is 122 Å². The minimum absolute atomic E-state index is 0.0699. The molecule has 2 aromatic rings. The Balaban J connectivity index is 1.43. The number of imide groups is 1. The highest BCUT2D eigenvalue weighted by Gasteiger charge is 2.41. The fourth-order valence-corrected chi connectivity index (χ4v) is 3.72. The van der Waals surface area contributed by atoms with Crippen molar-refractivity contribution in [3.63, 3.8) is 0 Å². The van der Waals surface area contributed by atoms with Gasteiger partial charge in [-0.15, -0.1) is 0 Å². The molecule has 31 heavy (non-hydrogen) atoms. The summed E-state index contributed by atoms with van der Waals surface area (Å²) in [4.78, 5) is 51.1. The molecule has 10 heteroatoms. The first-order valence-corrected chi connectivity index (χ1v) is 9.76. The van der Waals surface area contributed by atoms with Crippen molar-refractivity contribution < 1.29 is 24.0 Å². The van der Waals surface area contributed by atoms with Gasteiger partial charge in [0.05, 0.1) is 23.7 Å². The van der Waals surface area contributed by atoms with Crippen molar-refractivity contribution >= 4 is 29.1 Å². The lowest BCUT2D eigenvalue weighted by Crippen LogP contribution is -2.37. The summed E-state index contributed by atoms with van der Waals surface area (Å²) in [7, 11) is 0. The predicted octanol–water partition coefficient (Wildman–Crippen LogP) is 1.66. The summed E-state index contributed by atoms with van der Waals surface area (Å²) < 4.78 is 5.34. The number of carbonyl (C=O) groups excluding carboxylic acids is 3. The average molecular weight is 424 g/mol. The lowest BCUT2D eigenvalue weighted by molar-refractivity contribution is -0.385. The van der Waals surface area contributed by atoms with Gasteiger partial charge in [0.1, 0.15) is 12.1 Å². The van der Waals surface area contributed by atoms with Crippen molar-refractivity contribution in [2.24, 2.45) is 0 Å². The highest BCUT2D eigenvalue weighted by Crippen LogP contribution is 2.30. The molecule has 2 aromatic carbocycles. The van der Waals surface area contributed by atoms with Crippen LogP contribution in [0, 0.1) is 10.1 Å². The molecule has 0 aliphatic carbocycles. The van der Waals surface area contributed by atoms with E-state index in [1.165, 1.54) is 12.1 Å². The van der Waals surface area contributed by atoms with Crippen molar-refractivity contribution in [3.05, 3.63) is 69.3 Å². The molecule has 1 saturated heterocycles. The highest BCUT2D eigenvalue weighted by atomic mass is 16.6. The lowest BCUT2D eigenvalue weighted by Gasteiger charge is -2.26. The van der Waals surface area contributed by atoms with E-state index in [1.807, 2.05) is 18.2 Å². The molecule has 1 fully saturated rings. The maximum atomic E-state index is 12.6. The molecular weight excluding hydrogens is 404 g/mol. The molecule has 0 bridgehead atoms. The number of hydrogen-bond donors (Lipinski definition) is 1. The molecule has 0 saturated carbocycles. The van der Waals surface area contributed by atoms with Crippen molar-refractivity contribution in [2.45, 2.75) is 6.54 Å². The predicted molar refractivity (Wildman–Crippen MR) is 110 cm³/mol. The number of carbonyl (C=O) groups is 3. The van der Waals surface area contributed by atoms with Gasteiger partial charge in [0, 0.05) is 31.4 Å². The number of nitro benzene ring substituents is 1. The molecular formula is C21H20N4O6. The monoisotopic (exact) mass is 424 g/mol. The Morgan fingerprint density at radius 3 is 2.58 bits per heavy atom. The molecule has 160 valence electrons. The van der Waals surface area contributed by atoms with Gasteiger partial charge < -0.3 is 10.1 Å². The van der Waals surface area contributed by atoms with Crippen LogP contribution >= 0.6 is 0 Å². The van der Waals surface area contributed by atoms with Gasteiger partial charge in [-0.3, -0.25) is 34.3 Å². The van der Waals surface area contributed by atoms with Gasteiger partial charge in [-0.2, -0.15) is 0 Å². The van der Waals surface area contributed by atoms with Gasteiger partial charge in [0.2, 0.25) is 5.91 Å². The summed E-state index contributed by atoms with van der Waals surface area (Å²) in [5.41, 5.74) is 0.751. The van der Waals surface area contributed by atoms with E-state index in [0.29, 0.717) is 18.9 Å². The lowest BCUT2D eigenvalue weighted by atomic mass is 10.1. The third-order valence-corrected chi connectivity index (χ3v) is 5.20. The Bertz CT molecular complexity index is 1060. The Morgan fingerprint density at radius 1 is 1.10 bits per heavy atom. The normalized spacial score (nSPS) is 16.3. The third-order valence-electron chi connectivity index (χ3n) is 5.20. The van der Waals surface area contributed by atoms with Crippen LogP contribution in [0.15, 0.2) is 42.5 Å². The van der Waals surface area contributed by atoms with E-state index in [4.69, 9.17) is 4.74 Å². The second-order valence-electron chi connectivity index (χ2n) is 7.29. The van der Waals surface area contributed by atoms with E-state index in [2.05, 4.69) is 10.2 Å². The Kier molecular flexibility index (Phi) is 5.74. The molecule has 0 atom stereocenters. The maximum Gasteiger partial charge on any atom is 0.282 e. The number of amides is 3. The molecule has 4 rings (SSSR count). The van der Waals surface area contributed by atoms with Crippen LogP contribution in [0.1, 0.15) is 26.3 Å². The maximum absolute atomic E-state index is 12.6. The SMILES string of the molecule is O=C(CN1C(=O)c2cccc([N+](=O)[O-])c2C1=O)Nc1cccc(CN2CCOCC2)c1. The van der Waals surface area contributed by atoms with E-state index < -0.39 is 34.9 Å². The quantitative estimate of drug-likeness (QED) is 0.425.